The molecule has 0 aliphatic heterocycles. The van der Waals surface area contributed by atoms with Gasteiger partial charge in [0, 0.05) is 5.56 Å². The number of ether oxygens (including phenoxy) is 3. The molecule has 3 rings (SSSR count). The van der Waals surface area contributed by atoms with Crippen molar-refractivity contribution in [1.82, 2.24) is 0 Å². The highest BCUT2D eigenvalue weighted by atomic mass is 32.2. The van der Waals surface area contributed by atoms with Crippen LogP contribution in [0.15, 0.2) is 71.6 Å². The summed E-state index contributed by atoms with van der Waals surface area (Å²) in [5.41, 5.74) is 0.915. The van der Waals surface area contributed by atoms with Crippen molar-refractivity contribution in [3.8, 4) is 17.2 Å². The summed E-state index contributed by atoms with van der Waals surface area (Å²) in [4.78, 5) is 0.0753. The molecule has 0 heterocycles. The second kappa shape index (κ2) is 9.26. The fourth-order valence-electron chi connectivity index (χ4n) is 3.31. The Morgan fingerprint density at radius 2 is 1.39 bits per heavy atom. The van der Waals surface area contributed by atoms with E-state index in [9.17, 15) is 12.8 Å². The largest absolute Gasteiger partial charge is 0.497 e. The smallest absolute Gasteiger partial charge is 0.264 e. The monoisotopic (exact) mass is 445 g/mol. The van der Waals surface area contributed by atoms with Crippen LogP contribution in [0.25, 0.3) is 0 Å². The summed E-state index contributed by atoms with van der Waals surface area (Å²) in [6.07, 6.45) is 0. The molecule has 6 nitrogen and oxygen atoms in total. The van der Waals surface area contributed by atoms with Gasteiger partial charge in [0.15, 0.2) is 0 Å². The van der Waals surface area contributed by atoms with Gasteiger partial charge in [-0.1, -0.05) is 0 Å². The van der Waals surface area contributed by atoms with E-state index in [2.05, 4.69) is 0 Å². The molecular formula is C23H24FNO5S. The molecule has 0 radical (unpaired) electrons. The van der Waals surface area contributed by atoms with Crippen molar-refractivity contribution >= 4 is 15.7 Å². The second-order valence-corrected chi connectivity index (χ2v) is 8.55. The summed E-state index contributed by atoms with van der Waals surface area (Å²) in [6, 6.07) is 15.9. The average Bonchev–Trinajstić information content (AvgIpc) is 2.79. The molecule has 0 bridgehead atoms. The van der Waals surface area contributed by atoms with Gasteiger partial charge in [0.2, 0.25) is 0 Å². The number of hydrogen-bond acceptors (Lipinski definition) is 5. The van der Waals surface area contributed by atoms with Crippen LogP contribution in [-0.2, 0) is 10.0 Å². The number of anilines is 1. The molecule has 164 valence electrons. The van der Waals surface area contributed by atoms with E-state index in [1.54, 1.807) is 37.3 Å². The minimum atomic E-state index is -4.02. The Hall–Kier alpha value is -3.26. The van der Waals surface area contributed by atoms with Gasteiger partial charge in [0.05, 0.1) is 38.0 Å². The molecule has 0 amide bonds. The zero-order valence-corrected chi connectivity index (χ0v) is 18.5. The number of nitrogens with zero attached hydrogens (tertiary/aromatic N) is 1. The molecule has 0 spiro atoms. The predicted octanol–water partition coefficient (Wildman–Crippen LogP) is 4.81. The van der Waals surface area contributed by atoms with Crippen LogP contribution in [0.5, 0.6) is 17.2 Å². The van der Waals surface area contributed by atoms with Crippen LogP contribution in [0.4, 0.5) is 10.1 Å². The van der Waals surface area contributed by atoms with Gasteiger partial charge >= 0.3 is 0 Å². The van der Waals surface area contributed by atoms with E-state index in [1.807, 2.05) is 0 Å². The number of sulfonamides is 1. The van der Waals surface area contributed by atoms with Gasteiger partial charge < -0.3 is 14.2 Å². The zero-order chi connectivity index (χ0) is 22.6. The summed E-state index contributed by atoms with van der Waals surface area (Å²) in [5.74, 6) is 1.14. The summed E-state index contributed by atoms with van der Waals surface area (Å²) in [6.45, 7) is 1.74. The fraction of sp³-hybridized carbons (Fsp3) is 0.217. The third-order valence-electron chi connectivity index (χ3n) is 4.94. The first kappa shape index (κ1) is 22.4. The molecule has 0 aromatic heterocycles. The Morgan fingerprint density at radius 3 is 1.94 bits per heavy atom. The Bertz CT molecular complexity index is 1130. The lowest BCUT2D eigenvalue weighted by Crippen LogP contribution is -2.34. The molecule has 0 saturated heterocycles. The number of rotatable bonds is 8. The van der Waals surface area contributed by atoms with Crippen molar-refractivity contribution in [1.29, 1.82) is 0 Å². The first-order chi connectivity index (χ1) is 14.8. The van der Waals surface area contributed by atoms with Gasteiger partial charge in [0.25, 0.3) is 10.0 Å². The highest BCUT2D eigenvalue weighted by Crippen LogP contribution is 2.38. The molecule has 0 aliphatic rings. The molecular weight excluding hydrogens is 421 g/mol. The van der Waals surface area contributed by atoms with Crippen LogP contribution in [-0.4, -0.2) is 29.7 Å². The first-order valence-corrected chi connectivity index (χ1v) is 10.9. The molecule has 8 heteroatoms. The first-order valence-electron chi connectivity index (χ1n) is 9.47. The standard InChI is InChI=1S/C23H24FNO5S/c1-16(22-15-20(29-3)11-14-23(22)30-4)25(18-7-5-17(24)6-8-18)31(26,27)21-12-9-19(28-2)10-13-21/h5-16H,1-4H3/t16-/m1/s1. The Kier molecular flexibility index (Phi) is 6.70. The van der Waals surface area contributed by atoms with Crippen molar-refractivity contribution in [2.45, 2.75) is 17.9 Å². The third kappa shape index (κ3) is 4.59. The quantitative estimate of drug-likeness (QED) is 0.498. The SMILES string of the molecule is COc1ccc(S(=O)(=O)N(c2ccc(F)cc2)[C@H](C)c2cc(OC)ccc2OC)cc1. The minimum Gasteiger partial charge on any atom is -0.497 e. The molecule has 1 atom stereocenters. The van der Waals surface area contributed by atoms with E-state index in [0.717, 1.165) is 0 Å². The van der Waals surface area contributed by atoms with Crippen molar-refractivity contribution in [3.63, 3.8) is 0 Å². The molecule has 0 fully saturated rings. The van der Waals surface area contributed by atoms with Gasteiger partial charge in [-0.25, -0.2) is 12.8 Å². The molecule has 0 aliphatic carbocycles. The van der Waals surface area contributed by atoms with Gasteiger partial charge in [-0.05, 0) is 73.7 Å². The molecule has 3 aromatic rings. The Balaban J connectivity index is 2.18. The number of methoxy groups -OCH3 is 3. The molecule has 0 N–H and O–H groups in total. The molecule has 31 heavy (non-hydrogen) atoms. The highest BCUT2D eigenvalue weighted by Gasteiger charge is 2.32. The fourth-order valence-corrected chi connectivity index (χ4v) is 4.95. The lowest BCUT2D eigenvalue weighted by molar-refractivity contribution is 0.396. The topological polar surface area (TPSA) is 65.1 Å². The average molecular weight is 446 g/mol. The number of hydrogen-bond donors (Lipinski definition) is 0. The maximum absolute atomic E-state index is 13.7. The van der Waals surface area contributed by atoms with E-state index in [1.165, 1.54) is 62.0 Å². The van der Waals surface area contributed by atoms with Crippen LogP contribution >= 0.6 is 0 Å². The van der Waals surface area contributed by atoms with Gasteiger partial charge in [-0.15, -0.1) is 0 Å². The van der Waals surface area contributed by atoms with Crippen molar-refractivity contribution < 1.29 is 27.0 Å². The van der Waals surface area contributed by atoms with Crippen molar-refractivity contribution in [2.75, 3.05) is 25.6 Å². The maximum atomic E-state index is 13.7. The molecule has 3 aromatic carbocycles. The van der Waals surface area contributed by atoms with E-state index in [0.29, 0.717) is 28.5 Å². The molecule has 0 unspecified atom stereocenters. The van der Waals surface area contributed by atoms with E-state index >= 15 is 0 Å². The van der Waals surface area contributed by atoms with Crippen LogP contribution in [0.1, 0.15) is 18.5 Å². The summed E-state index contributed by atoms with van der Waals surface area (Å²) in [5, 5.41) is 0. The van der Waals surface area contributed by atoms with E-state index < -0.39 is 21.9 Å². The lowest BCUT2D eigenvalue weighted by atomic mass is 10.1. The zero-order valence-electron chi connectivity index (χ0n) is 17.7. The summed E-state index contributed by atoms with van der Waals surface area (Å²) >= 11 is 0. The lowest BCUT2D eigenvalue weighted by Gasteiger charge is -2.32. The van der Waals surface area contributed by atoms with Crippen LogP contribution in [0, 0.1) is 5.82 Å². The predicted molar refractivity (Wildman–Crippen MR) is 117 cm³/mol. The molecule has 0 saturated carbocycles. The summed E-state index contributed by atoms with van der Waals surface area (Å²) in [7, 11) is 0.522. The number of benzene rings is 3. The Labute approximate surface area is 181 Å². The van der Waals surface area contributed by atoms with Crippen molar-refractivity contribution in [2.24, 2.45) is 0 Å². The third-order valence-corrected chi connectivity index (χ3v) is 6.85. The normalized spacial score (nSPS) is 12.2. The minimum absolute atomic E-state index is 0.0753. The maximum Gasteiger partial charge on any atom is 0.264 e. The van der Waals surface area contributed by atoms with Gasteiger partial charge in [-0.2, -0.15) is 0 Å². The number of halogens is 1. The van der Waals surface area contributed by atoms with Crippen LogP contribution in [0.3, 0.4) is 0 Å². The second-order valence-electron chi connectivity index (χ2n) is 6.74. The van der Waals surface area contributed by atoms with E-state index in [4.69, 9.17) is 14.2 Å². The van der Waals surface area contributed by atoms with E-state index in [-0.39, 0.29) is 4.90 Å². The van der Waals surface area contributed by atoms with Crippen LogP contribution < -0.4 is 18.5 Å². The van der Waals surface area contributed by atoms with Crippen molar-refractivity contribution in [3.05, 3.63) is 78.1 Å². The highest BCUT2D eigenvalue weighted by molar-refractivity contribution is 7.92. The van der Waals surface area contributed by atoms with Crippen LogP contribution in [0.2, 0.25) is 0 Å². The van der Waals surface area contributed by atoms with Gasteiger partial charge in [-0.3, -0.25) is 4.31 Å². The Morgan fingerprint density at radius 1 is 0.806 bits per heavy atom. The summed E-state index contributed by atoms with van der Waals surface area (Å²) < 4.78 is 58.1. The van der Waals surface area contributed by atoms with Gasteiger partial charge in [0.1, 0.15) is 23.1 Å².